The number of nitrogen functional groups attached to an aromatic ring is 1. The van der Waals surface area contributed by atoms with Gasteiger partial charge in [0.25, 0.3) is 0 Å². The van der Waals surface area contributed by atoms with Crippen LogP contribution in [0.4, 0.5) is 11.5 Å². The van der Waals surface area contributed by atoms with Gasteiger partial charge in [-0.2, -0.15) is 0 Å². The molecule has 0 bridgehead atoms. The van der Waals surface area contributed by atoms with E-state index in [-0.39, 0.29) is 5.56 Å². The van der Waals surface area contributed by atoms with Gasteiger partial charge in [0.2, 0.25) is 0 Å². The number of nitrogens with two attached hydrogens (primary N) is 1. The third-order valence-electron chi connectivity index (χ3n) is 3.74. The van der Waals surface area contributed by atoms with Gasteiger partial charge in [0.05, 0.1) is 11.3 Å². The van der Waals surface area contributed by atoms with E-state index in [1.165, 1.54) is 31.5 Å². The molecule has 2 heterocycles. The second kappa shape index (κ2) is 6.56. The van der Waals surface area contributed by atoms with Crippen molar-refractivity contribution in [3.05, 3.63) is 17.8 Å². The lowest BCUT2D eigenvalue weighted by molar-refractivity contribution is 0.0696. The lowest BCUT2D eigenvalue weighted by Crippen LogP contribution is -2.41. The van der Waals surface area contributed by atoms with Gasteiger partial charge in [0.1, 0.15) is 5.82 Å². The van der Waals surface area contributed by atoms with Gasteiger partial charge in [-0.3, -0.25) is 4.90 Å². The number of aromatic carboxylic acids is 1. The maximum atomic E-state index is 10.8. The largest absolute Gasteiger partial charge is 0.478 e. The van der Waals surface area contributed by atoms with Crippen LogP contribution in [0.1, 0.15) is 36.5 Å². The molecule has 0 aromatic carbocycles. The highest BCUT2D eigenvalue weighted by Gasteiger charge is 2.17. The summed E-state index contributed by atoms with van der Waals surface area (Å²) < 4.78 is 0. The van der Waals surface area contributed by atoms with Gasteiger partial charge >= 0.3 is 5.97 Å². The van der Waals surface area contributed by atoms with Crippen LogP contribution < -0.4 is 11.1 Å². The predicted molar refractivity (Wildman–Crippen MR) is 79.0 cm³/mol. The molecular weight excluding hydrogens is 256 g/mol. The van der Waals surface area contributed by atoms with Crippen molar-refractivity contribution < 1.29 is 9.90 Å². The molecule has 1 unspecified atom stereocenters. The lowest BCUT2D eigenvalue weighted by Gasteiger charge is -2.32. The second-order valence-corrected chi connectivity index (χ2v) is 5.29. The van der Waals surface area contributed by atoms with Crippen molar-refractivity contribution in [2.24, 2.45) is 0 Å². The number of carbonyl (C=O) groups is 1. The van der Waals surface area contributed by atoms with Crippen LogP contribution in [0.3, 0.4) is 0 Å². The SMILES string of the molecule is CC(CNc1ncc(C(=O)O)cc1N)N1CCCCC1. The van der Waals surface area contributed by atoms with Crippen molar-refractivity contribution in [1.82, 2.24) is 9.88 Å². The molecule has 1 aliphatic heterocycles. The minimum absolute atomic E-state index is 0.108. The zero-order valence-electron chi connectivity index (χ0n) is 11.8. The molecule has 110 valence electrons. The Morgan fingerprint density at radius 1 is 1.50 bits per heavy atom. The predicted octanol–water partition coefficient (Wildman–Crippen LogP) is 1.65. The minimum atomic E-state index is -1.02. The number of pyridine rings is 1. The van der Waals surface area contributed by atoms with Crippen molar-refractivity contribution in [2.75, 3.05) is 30.7 Å². The van der Waals surface area contributed by atoms with Gasteiger partial charge in [-0.1, -0.05) is 6.42 Å². The highest BCUT2D eigenvalue weighted by molar-refractivity contribution is 5.89. The van der Waals surface area contributed by atoms with E-state index in [0.717, 1.165) is 19.6 Å². The number of hydrogen-bond donors (Lipinski definition) is 3. The Labute approximate surface area is 119 Å². The molecule has 1 aromatic rings. The molecule has 0 radical (unpaired) electrons. The van der Waals surface area contributed by atoms with Crippen LogP contribution >= 0.6 is 0 Å². The van der Waals surface area contributed by atoms with Gasteiger partial charge in [-0.15, -0.1) is 0 Å². The number of anilines is 2. The molecule has 1 aliphatic rings. The maximum Gasteiger partial charge on any atom is 0.337 e. The van der Waals surface area contributed by atoms with Crippen LogP contribution in [0, 0.1) is 0 Å². The maximum absolute atomic E-state index is 10.8. The lowest BCUT2D eigenvalue weighted by atomic mass is 10.1. The Hall–Kier alpha value is -1.82. The number of carboxylic acids is 1. The third kappa shape index (κ3) is 3.60. The summed E-state index contributed by atoms with van der Waals surface area (Å²) in [6.45, 7) is 5.22. The molecule has 0 spiro atoms. The minimum Gasteiger partial charge on any atom is -0.478 e. The molecular formula is C14H22N4O2. The molecule has 2 rings (SSSR count). The first kappa shape index (κ1) is 14.6. The number of likely N-dealkylation sites (tertiary alicyclic amines) is 1. The second-order valence-electron chi connectivity index (χ2n) is 5.29. The molecule has 6 nitrogen and oxygen atoms in total. The van der Waals surface area contributed by atoms with Gasteiger partial charge in [-0.25, -0.2) is 9.78 Å². The molecule has 0 aliphatic carbocycles. The van der Waals surface area contributed by atoms with Crippen molar-refractivity contribution in [3.8, 4) is 0 Å². The third-order valence-corrected chi connectivity index (χ3v) is 3.74. The first-order valence-corrected chi connectivity index (χ1v) is 7.04. The van der Waals surface area contributed by atoms with E-state index in [1.54, 1.807) is 0 Å². The molecule has 1 atom stereocenters. The van der Waals surface area contributed by atoms with E-state index in [2.05, 4.69) is 22.1 Å². The van der Waals surface area contributed by atoms with Crippen molar-refractivity contribution in [2.45, 2.75) is 32.2 Å². The van der Waals surface area contributed by atoms with Crippen LogP contribution in [0.5, 0.6) is 0 Å². The number of rotatable bonds is 5. The summed E-state index contributed by atoms with van der Waals surface area (Å²) in [4.78, 5) is 17.4. The fourth-order valence-corrected chi connectivity index (χ4v) is 2.48. The van der Waals surface area contributed by atoms with Crippen LogP contribution in [0.25, 0.3) is 0 Å². The number of carboxylic acid groups (broad SMARTS) is 1. The number of nitrogens with zero attached hydrogens (tertiary/aromatic N) is 2. The Balaban J connectivity index is 1.91. The molecule has 0 saturated carbocycles. The average molecular weight is 278 g/mol. The number of aromatic nitrogens is 1. The molecule has 0 amide bonds. The number of piperidine rings is 1. The van der Waals surface area contributed by atoms with E-state index in [1.807, 2.05) is 0 Å². The summed E-state index contributed by atoms with van der Waals surface area (Å²) in [6.07, 6.45) is 5.17. The van der Waals surface area contributed by atoms with E-state index in [9.17, 15) is 4.79 Å². The molecule has 1 fully saturated rings. The summed E-state index contributed by atoms with van der Waals surface area (Å²) in [6, 6.07) is 1.85. The summed E-state index contributed by atoms with van der Waals surface area (Å²) in [5.74, 6) is -0.462. The van der Waals surface area contributed by atoms with Crippen LogP contribution in [-0.4, -0.2) is 46.6 Å². The smallest absolute Gasteiger partial charge is 0.337 e. The summed E-state index contributed by atoms with van der Waals surface area (Å²) in [7, 11) is 0. The number of nitrogens with one attached hydrogen (secondary N) is 1. The fourth-order valence-electron chi connectivity index (χ4n) is 2.48. The monoisotopic (exact) mass is 278 g/mol. The molecule has 4 N–H and O–H groups in total. The van der Waals surface area contributed by atoms with Gasteiger partial charge in [-0.05, 0) is 38.9 Å². The van der Waals surface area contributed by atoms with Gasteiger partial charge in [0.15, 0.2) is 0 Å². The standard InChI is InChI=1S/C14H22N4O2/c1-10(18-5-3-2-4-6-18)8-16-13-12(15)7-11(9-17-13)14(19)20/h7,9-10H,2-6,8,15H2,1H3,(H,16,17)(H,19,20). The van der Waals surface area contributed by atoms with Crippen LogP contribution in [0.15, 0.2) is 12.3 Å². The normalized spacial score (nSPS) is 17.6. The fraction of sp³-hybridized carbons (Fsp3) is 0.571. The van der Waals surface area contributed by atoms with E-state index >= 15 is 0 Å². The van der Waals surface area contributed by atoms with Crippen LogP contribution in [-0.2, 0) is 0 Å². The summed E-state index contributed by atoms with van der Waals surface area (Å²) >= 11 is 0. The van der Waals surface area contributed by atoms with E-state index in [4.69, 9.17) is 10.8 Å². The highest BCUT2D eigenvalue weighted by Crippen LogP contribution is 2.17. The first-order chi connectivity index (χ1) is 9.58. The molecule has 6 heteroatoms. The van der Waals surface area contributed by atoms with E-state index in [0.29, 0.717) is 17.5 Å². The zero-order valence-corrected chi connectivity index (χ0v) is 11.8. The Bertz CT molecular complexity index is 472. The van der Waals surface area contributed by atoms with Crippen molar-refractivity contribution >= 4 is 17.5 Å². The summed E-state index contributed by atoms with van der Waals surface area (Å²) in [5, 5.41) is 12.1. The molecule has 1 saturated heterocycles. The molecule has 1 aromatic heterocycles. The average Bonchev–Trinajstić information content (AvgIpc) is 2.46. The first-order valence-electron chi connectivity index (χ1n) is 7.04. The van der Waals surface area contributed by atoms with Gasteiger partial charge < -0.3 is 16.2 Å². The zero-order chi connectivity index (χ0) is 14.5. The number of hydrogen-bond acceptors (Lipinski definition) is 5. The summed E-state index contributed by atoms with van der Waals surface area (Å²) in [5.41, 5.74) is 6.30. The Kier molecular flexibility index (Phi) is 4.79. The Morgan fingerprint density at radius 3 is 2.80 bits per heavy atom. The topological polar surface area (TPSA) is 91.5 Å². The Morgan fingerprint density at radius 2 is 2.20 bits per heavy atom. The van der Waals surface area contributed by atoms with Crippen LogP contribution in [0.2, 0.25) is 0 Å². The van der Waals surface area contributed by atoms with E-state index < -0.39 is 5.97 Å². The van der Waals surface area contributed by atoms with Gasteiger partial charge in [0, 0.05) is 18.8 Å². The highest BCUT2D eigenvalue weighted by atomic mass is 16.4. The van der Waals surface area contributed by atoms with Crippen molar-refractivity contribution in [3.63, 3.8) is 0 Å². The van der Waals surface area contributed by atoms with Crippen molar-refractivity contribution in [1.29, 1.82) is 0 Å². The molecule has 20 heavy (non-hydrogen) atoms. The quantitative estimate of drug-likeness (QED) is 0.758.